The summed E-state index contributed by atoms with van der Waals surface area (Å²) in [5.41, 5.74) is 3.72. The number of nitrogens with one attached hydrogen (secondary N) is 1. The number of rotatable bonds is 12. The number of phosphoric acid groups is 1. The summed E-state index contributed by atoms with van der Waals surface area (Å²) >= 11 is 0. The maximum atomic E-state index is 13.8. The van der Waals surface area contributed by atoms with Crippen molar-refractivity contribution in [2.45, 2.75) is 53.4 Å². The van der Waals surface area contributed by atoms with Crippen LogP contribution >= 0.6 is 16.1 Å². The summed E-state index contributed by atoms with van der Waals surface area (Å²) in [6, 6.07) is 6.51. The Kier molecular flexibility index (Phi) is 11.0. The van der Waals surface area contributed by atoms with Crippen molar-refractivity contribution in [3.63, 3.8) is 0 Å². The maximum absolute atomic E-state index is 13.8. The van der Waals surface area contributed by atoms with Crippen LogP contribution in [0, 0.1) is 0 Å². The van der Waals surface area contributed by atoms with Gasteiger partial charge < -0.3 is 29.3 Å². The number of phosphoric ester groups is 1. The van der Waals surface area contributed by atoms with Crippen LogP contribution in [0.2, 0.25) is 0 Å². The van der Waals surface area contributed by atoms with Gasteiger partial charge in [0.15, 0.2) is 11.5 Å². The zero-order valence-corrected chi connectivity index (χ0v) is 25.3. The monoisotopic (exact) mass is 606 g/mol. The molecule has 5 N–H and O–H groups in total. The first-order valence-electron chi connectivity index (χ1n) is 12.9. The molecule has 1 atom stereocenters. The van der Waals surface area contributed by atoms with Crippen LogP contribution in [0.4, 0.5) is 17.1 Å². The van der Waals surface area contributed by atoms with E-state index in [1.165, 1.54) is 40.3 Å². The summed E-state index contributed by atoms with van der Waals surface area (Å²) in [7, 11) is -8.53. The van der Waals surface area contributed by atoms with Crippen LogP contribution in [0.15, 0.2) is 65.3 Å². The lowest BCUT2D eigenvalue weighted by atomic mass is 10.1. The number of carbonyl (C=O) groups is 1. The van der Waals surface area contributed by atoms with Crippen LogP contribution in [-0.4, -0.2) is 32.2 Å². The molecule has 3 rings (SSSR count). The first-order valence-corrected chi connectivity index (χ1v) is 15.7. The number of fused-ring (bicyclic) bond motifs is 2. The average molecular weight is 607 g/mol. The highest BCUT2D eigenvalue weighted by Crippen LogP contribution is 2.50. The molecular formula is C28H36N2O9P2. The number of anilines is 3. The van der Waals surface area contributed by atoms with E-state index >= 15 is 0 Å². The quantitative estimate of drug-likeness (QED) is 0.0991. The number of phenolic OH excluding ortho intramolecular Hbond substituents is 1. The zero-order chi connectivity index (χ0) is 30.3. The highest BCUT2D eigenvalue weighted by molar-refractivity contribution is 7.46. The molecule has 0 bridgehead atoms. The highest BCUT2D eigenvalue weighted by Gasteiger charge is 2.32. The van der Waals surface area contributed by atoms with Gasteiger partial charge in [-0.3, -0.25) is 14.6 Å². The Morgan fingerprint density at radius 3 is 2.29 bits per heavy atom. The van der Waals surface area contributed by atoms with Gasteiger partial charge in [-0.05, 0) is 65.5 Å². The fraction of sp³-hybridized carbons (Fsp3) is 0.321. The minimum atomic E-state index is -5.00. The molecular weight excluding hydrogens is 570 g/mol. The van der Waals surface area contributed by atoms with Crippen molar-refractivity contribution in [3.8, 4) is 17.2 Å². The molecule has 1 aliphatic heterocycles. The van der Waals surface area contributed by atoms with Crippen LogP contribution in [0.5, 0.6) is 17.2 Å². The third-order valence-electron chi connectivity index (χ3n) is 6.27. The van der Waals surface area contributed by atoms with E-state index in [-0.39, 0.29) is 46.4 Å². The van der Waals surface area contributed by atoms with Gasteiger partial charge in [-0.1, -0.05) is 41.0 Å². The third-order valence-corrected chi connectivity index (χ3v) is 7.10. The summed E-state index contributed by atoms with van der Waals surface area (Å²) in [5, 5.41) is 13.2. The van der Waals surface area contributed by atoms with E-state index in [9.17, 15) is 33.7 Å². The molecule has 41 heavy (non-hydrogen) atoms. The van der Waals surface area contributed by atoms with Crippen molar-refractivity contribution in [1.29, 1.82) is 0 Å². The Labute approximate surface area is 240 Å². The molecule has 2 aromatic carbocycles. The van der Waals surface area contributed by atoms with Crippen molar-refractivity contribution < 1.29 is 42.8 Å². The number of hydrogen-bond acceptors (Lipinski definition) is 7. The predicted molar refractivity (Wildman–Crippen MR) is 159 cm³/mol. The van der Waals surface area contributed by atoms with Gasteiger partial charge in [-0.15, -0.1) is 0 Å². The summed E-state index contributed by atoms with van der Waals surface area (Å²) in [6.07, 6.45) is 9.84. The summed E-state index contributed by atoms with van der Waals surface area (Å²) in [6.45, 7) is 8.28. The second-order valence-corrected chi connectivity index (χ2v) is 11.9. The van der Waals surface area contributed by atoms with Gasteiger partial charge in [-0.2, -0.15) is 0 Å². The number of para-hydroxylation sites is 1. The van der Waals surface area contributed by atoms with Gasteiger partial charge in [0.25, 0.3) is 5.91 Å². The number of benzene rings is 2. The molecule has 1 amide bonds. The van der Waals surface area contributed by atoms with E-state index in [2.05, 4.69) is 38.2 Å². The van der Waals surface area contributed by atoms with Gasteiger partial charge in [0, 0.05) is 18.7 Å². The second kappa shape index (κ2) is 14.0. The fourth-order valence-corrected chi connectivity index (χ4v) is 5.05. The van der Waals surface area contributed by atoms with Crippen LogP contribution in [0.25, 0.3) is 0 Å². The van der Waals surface area contributed by atoms with Crippen molar-refractivity contribution >= 4 is 39.0 Å². The van der Waals surface area contributed by atoms with Crippen molar-refractivity contribution in [2.75, 3.05) is 16.8 Å². The molecule has 11 nitrogen and oxygen atoms in total. The Hall–Kier alpha value is -3.33. The van der Waals surface area contributed by atoms with Crippen molar-refractivity contribution in [3.05, 3.63) is 70.8 Å². The van der Waals surface area contributed by atoms with E-state index in [0.29, 0.717) is 0 Å². The molecule has 0 saturated carbocycles. The van der Waals surface area contributed by atoms with Gasteiger partial charge in [0.05, 0.1) is 16.9 Å². The lowest BCUT2D eigenvalue weighted by Gasteiger charge is -2.23. The second-order valence-electron chi connectivity index (χ2n) is 9.97. The molecule has 1 aliphatic rings. The van der Waals surface area contributed by atoms with Crippen LogP contribution in [-0.2, 0) is 9.13 Å². The maximum Gasteiger partial charge on any atom is 0.524 e. The number of nitrogens with zero attached hydrogens (tertiary/aromatic N) is 1. The normalized spacial score (nSPS) is 14.4. The zero-order valence-electron chi connectivity index (χ0n) is 23.4. The molecule has 0 aliphatic carbocycles. The lowest BCUT2D eigenvalue weighted by molar-refractivity contribution is 0.0990. The number of hydrogen-bond donors (Lipinski definition) is 5. The Morgan fingerprint density at radius 2 is 1.66 bits per heavy atom. The van der Waals surface area contributed by atoms with Crippen molar-refractivity contribution in [1.82, 2.24) is 0 Å². The first kappa shape index (κ1) is 32.2. The molecule has 0 radical (unpaired) electrons. The third kappa shape index (κ3) is 9.35. The molecule has 1 unspecified atom stereocenters. The molecule has 0 fully saturated rings. The molecule has 222 valence electrons. The van der Waals surface area contributed by atoms with E-state index in [1.807, 2.05) is 13.0 Å². The fourth-order valence-electron chi connectivity index (χ4n) is 4.29. The highest BCUT2D eigenvalue weighted by atomic mass is 31.2. The van der Waals surface area contributed by atoms with Crippen LogP contribution in [0.3, 0.4) is 0 Å². The number of aromatic hydroxyl groups is 1. The smallest absolute Gasteiger partial charge is 0.508 e. The molecule has 0 aromatic heterocycles. The summed E-state index contributed by atoms with van der Waals surface area (Å²) in [5.74, 6) is -1.44. The van der Waals surface area contributed by atoms with E-state index in [0.717, 1.165) is 37.3 Å². The molecule has 0 saturated heterocycles. The van der Waals surface area contributed by atoms with E-state index in [1.54, 1.807) is 0 Å². The summed E-state index contributed by atoms with van der Waals surface area (Å²) in [4.78, 5) is 43.4. The Bertz CT molecular complexity index is 1460. The van der Waals surface area contributed by atoms with Crippen LogP contribution < -0.4 is 19.3 Å². The molecule has 13 heteroatoms. The van der Waals surface area contributed by atoms with Gasteiger partial charge in [-0.25, -0.2) is 9.13 Å². The van der Waals surface area contributed by atoms with E-state index < -0.39 is 22.0 Å². The standard InChI is InChI=1S/C28H36N2O9P2/c1-18(2)8-5-9-19(3)10-6-11-20(4)14-15-30-23-16-21(31)17-25(38-40(33)34)27(23)29-26-22(28(30)32)12-7-13-24(26)39-41(35,36)37/h7-8,10,12-14,16-17,29,31,40H,5-6,9,11,15H2,1-4H3,(H,33,34)(H2,35,36,37)/b19-10+,20-14+. The lowest BCUT2D eigenvalue weighted by Crippen LogP contribution is -2.30. The Morgan fingerprint density at radius 1 is 1.00 bits per heavy atom. The molecule has 1 heterocycles. The average Bonchev–Trinajstić information content (AvgIpc) is 2.96. The minimum absolute atomic E-state index is 0.0234. The van der Waals surface area contributed by atoms with E-state index in [4.69, 9.17) is 9.05 Å². The van der Waals surface area contributed by atoms with Gasteiger partial charge in [0.2, 0.25) is 0 Å². The predicted octanol–water partition coefficient (Wildman–Crippen LogP) is 6.75. The largest absolute Gasteiger partial charge is 0.524 e. The van der Waals surface area contributed by atoms with Gasteiger partial charge in [0.1, 0.15) is 11.4 Å². The number of phenols is 1. The number of carbonyl (C=O) groups excluding carboxylic acids is 1. The topological polar surface area (TPSA) is 166 Å². The Balaban J connectivity index is 1.97. The number of amides is 1. The first-order chi connectivity index (χ1) is 19.2. The SMILES string of the molecule is CC(C)=CCC/C(C)=C/CC/C(C)=C/CN1C(=O)c2cccc(OP(=O)(O)O)c2Nc2c(O[PH](=O)O)cc(O)cc21. The minimum Gasteiger partial charge on any atom is -0.508 e. The van der Waals surface area contributed by atoms with Crippen LogP contribution in [0.1, 0.15) is 63.7 Å². The number of allylic oxidation sites excluding steroid dienone is 5. The van der Waals surface area contributed by atoms with Crippen molar-refractivity contribution in [2.24, 2.45) is 0 Å². The summed E-state index contributed by atoms with van der Waals surface area (Å²) < 4.78 is 33.1. The van der Waals surface area contributed by atoms with Gasteiger partial charge >= 0.3 is 16.1 Å². The molecule has 2 aromatic rings. The molecule has 0 spiro atoms.